The lowest BCUT2D eigenvalue weighted by Gasteiger charge is -1.99. The van der Waals surface area contributed by atoms with E-state index in [4.69, 9.17) is 4.74 Å². The van der Waals surface area contributed by atoms with Crippen molar-refractivity contribution < 1.29 is 14.6 Å². The molecule has 0 amide bonds. The Morgan fingerprint density at radius 1 is 1.12 bits per heavy atom. The average Bonchev–Trinajstić information content (AvgIpc) is 2.96. The van der Waals surface area contributed by atoms with Crippen molar-refractivity contribution in [1.29, 1.82) is 0 Å². The van der Waals surface area contributed by atoms with Gasteiger partial charge in [-0.3, -0.25) is 9.59 Å². The van der Waals surface area contributed by atoms with Crippen molar-refractivity contribution in [2.75, 3.05) is 7.11 Å². The van der Waals surface area contributed by atoms with Crippen molar-refractivity contribution in [3.8, 4) is 11.5 Å². The summed E-state index contributed by atoms with van der Waals surface area (Å²) < 4.78 is 6.03. The number of ketones is 1. The van der Waals surface area contributed by atoms with Crippen molar-refractivity contribution in [2.45, 2.75) is 0 Å². The molecule has 0 aliphatic rings. The lowest BCUT2D eigenvalue weighted by Crippen LogP contribution is -2.19. The number of aromatic nitrogens is 1. The molecule has 0 saturated carbocycles. The summed E-state index contributed by atoms with van der Waals surface area (Å²) in [6.45, 7) is 0. The van der Waals surface area contributed by atoms with E-state index in [9.17, 15) is 14.7 Å². The zero-order valence-electron chi connectivity index (χ0n) is 13.4. The van der Waals surface area contributed by atoms with Gasteiger partial charge in [-0.2, -0.15) is 0 Å². The van der Waals surface area contributed by atoms with Crippen LogP contribution in [0.1, 0.15) is 15.9 Å². The minimum Gasteiger partial charge on any atom is -0.508 e. The van der Waals surface area contributed by atoms with Crippen LogP contribution in [0.15, 0.2) is 53.3 Å². The van der Waals surface area contributed by atoms with Crippen LogP contribution in [0.25, 0.3) is 12.2 Å². The maximum Gasteiger partial charge on any atom is 0.266 e. The van der Waals surface area contributed by atoms with Gasteiger partial charge in [-0.1, -0.05) is 12.1 Å². The van der Waals surface area contributed by atoms with Gasteiger partial charge in [0, 0.05) is 11.6 Å². The summed E-state index contributed by atoms with van der Waals surface area (Å²) in [5.41, 5.74) is 1.05. The van der Waals surface area contributed by atoms with Gasteiger partial charge in [0.15, 0.2) is 5.78 Å². The molecule has 0 spiro atoms. The summed E-state index contributed by atoms with van der Waals surface area (Å²) in [5, 5.41) is 9.29. The second-order valence-electron chi connectivity index (χ2n) is 5.26. The van der Waals surface area contributed by atoms with Crippen LogP contribution in [0, 0.1) is 0 Å². The van der Waals surface area contributed by atoms with E-state index in [1.165, 1.54) is 17.4 Å². The molecular weight excluding hydrogens is 338 g/mol. The first-order chi connectivity index (χ1) is 12.0. The Morgan fingerprint density at radius 3 is 2.44 bits per heavy atom. The number of rotatable bonds is 4. The predicted molar refractivity (Wildman–Crippen MR) is 97.7 cm³/mol. The molecule has 1 heterocycles. The maximum absolute atomic E-state index is 12.3. The highest BCUT2D eigenvalue weighted by Gasteiger charge is 2.04. The number of methoxy groups -OCH3 is 1. The molecule has 2 aromatic carbocycles. The number of aromatic hydroxyl groups is 1. The van der Waals surface area contributed by atoms with Gasteiger partial charge in [0.05, 0.1) is 16.3 Å². The van der Waals surface area contributed by atoms with E-state index in [-0.39, 0.29) is 17.1 Å². The topological polar surface area (TPSA) is 79.4 Å². The van der Waals surface area contributed by atoms with Crippen LogP contribution in [-0.4, -0.2) is 23.0 Å². The Labute approximate surface area is 147 Å². The number of nitrogens with one attached hydrogen (secondary N) is 1. The molecule has 126 valence electrons. The summed E-state index contributed by atoms with van der Waals surface area (Å²) in [5.74, 6) is 0.638. The number of ether oxygens (including phenoxy) is 1. The first-order valence-corrected chi connectivity index (χ1v) is 8.27. The number of hydrogen-bond acceptors (Lipinski definition) is 5. The molecule has 2 N–H and O–H groups in total. The highest BCUT2D eigenvalue weighted by molar-refractivity contribution is 7.07. The van der Waals surface area contributed by atoms with Crippen molar-refractivity contribution >= 4 is 29.3 Å². The lowest BCUT2D eigenvalue weighted by molar-refractivity contribution is 0.106. The van der Waals surface area contributed by atoms with Gasteiger partial charge in [0.2, 0.25) is 0 Å². The molecule has 0 bridgehead atoms. The molecule has 3 rings (SSSR count). The molecular formula is C19H15NO4S. The number of phenolic OH excluding ortho intramolecular Hbond substituents is 1. The molecule has 0 aliphatic carbocycles. The molecule has 5 nitrogen and oxygen atoms in total. The van der Waals surface area contributed by atoms with Crippen LogP contribution in [0.5, 0.6) is 11.5 Å². The molecule has 25 heavy (non-hydrogen) atoms. The zero-order chi connectivity index (χ0) is 17.8. The fraction of sp³-hybridized carbons (Fsp3) is 0.0526. The third-order valence-corrected chi connectivity index (χ3v) is 4.47. The number of aromatic amines is 1. The number of hydrogen-bond donors (Lipinski definition) is 2. The number of phenols is 1. The molecule has 0 unspecified atom stereocenters. The number of thiazole rings is 1. The van der Waals surface area contributed by atoms with Crippen molar-refractivity contribution in [3.63, 3.8) is 0 Å². The number of H-pyrrole nitrogens is 1. The van der Waals surface area contributed by atoms with E-state index >= 15 is 0 Å². The van der Waals surface area contributed by atoms with E-state index in [1.807, 2.05) is 0 Å². The summed E-state index contributed by atoms with van der Waals surface area (Å²) in [6.07, 6.45) is 3.11. The highest BCUT2D eigenvalue weighted by atomic mass is 32.1. The predicted octanol–water partition coefficient (Wildman–Crippen LogP) is 1.64. The van der Waals surface area contributed by atoms with Gasteiger partial charge in [-0.05, 0) is 48.0 Å². The number of carbonyl (C=O) groups excluding carboxylic acids is 1. The van der Waals surface area contributed by atoms with E-state index in [2.05, 4.69) is 4.98 Å². The number of Topliss-reactive ketones (excluding diaryl/α,β-unsaturated/α-hetero) is 1. The Morgan fingerprint density at radius 2 is 1.80 bits per heavy atom. The van der Waals surface area contributed by atoms with Crippen molar-refractivity contribution in [2.24, 2.45) is 0 Å². The van der Waals surface area contributed by atoms with Crippen LogP contribution in [-0.2, 0) is 0 Å². The molecule has 0 fully saturated rings. The SMILES string of the molecule is COc1ccc(C(=O)/C=c2\[nH]c(=O)/c(=C\c3ccc(O)cc3)s2)cc1. The smallest absolute Gasteiger partial charge is 0.266 e. The molecule has 0 atom stereocenters. The van der Waals surface area contributed by atoms with Crippen LogP contribution in [0.3, 0.4) is 0 Å². The van der Waals surface area contributed by atoms with Crippen LogP contribution in [0.4, 0.5) is 0 Å². The molecule has 0 radical (unpaired) electrons. The Kier molecular flexibility index (Phi) is 4.81. The molecule has 1 aromatic heterocycles. The van der Waals surface area contributed by atoms with Crippen molar-refractivity contribution in [1.82, 2.24) is 4.98 Å². The van der Waals surface area contributed by atoms with Gasteiger partial charge in [-0.25, -0.2) is 0 Å². The first-order valence-electron chi connectivity index (χ1n) is 7.45. The highest BCUT2D eigenvalue weighted by Crippen LogP contribution is 2.12. The third-order valence-electron chi connectivity index (χ3n) is 3.51. The zero-order valence-corrected chi connectivity index (χ0v) is 14.2. The van der Waals surface area contributed by atoms with Crippen LogP contribution in [0.2, 0.25) is 0 Å². The largest absolute Gasteiger partial charge is 0.508 e. The van der Waals surface area contributed by atoms with E-state index in [1.54, 1.807) is 61.7 Å². The fourth-order valence-electron chi connectivity index (χ4n) is 2.20. The minimum atomic E-state index is -0.258. The number of benzene rings is 2. The van der Waals surface area contributed by atoms with E-state index in [0.29, 0.717) is 20.5 Å². The normalized spacial score (nSPS) is 12.4. The fourth-order valence-corrected chi connectivity index (χ4v) is 3.09. The Hall–Kier alpha value is -3.12. The number of carbonyl (C=O) groups is 1. The van der Waals surface area contributed by atoms with Gasteiger partial charge < -0.3 is 14.8 Å². The monoisotopic (exact) mass is 353 g/mol. The summed E-state index contributed by atoms with van der Waals surface area (Å²) in [4.78, 5) is 27.0. The average molecular weight is 353 g/mol. The maximum atomic E-state index is 12.3. The van der Waals surface area contributed by atoms with Crippen molar-refractivity contribution in [3.05, 3.63) is 79.2 Å². The second-order valence-corrected chi connectivity index (χ2v) is 6.34. The van der Waals surface area contributed by atoms with Crippen LogP contribution < -0.4 is 19.5 Å². The first kappa shape index (κ1) is 16.7. The Bertz CT molecular complexity index is 1060. The van der Waals surface area contributed by atoms with Gasteiger partial charge in [0.1, 0.15) is 11.5 Å². The van der Waals surface area contributed by atoms with Gasteiger partial charge >= 0.3 is 0 Å². The summed E-state index contributed by atoms with van der Waals surface area (Å²) >= 11 is 1.20. The molecule has 6 heteroatoms. The third kappa shape index (κ3) is 4.05. The van der Waals surface area contributed by atoms with E-state index in [0.717, 1.165) is 5.56 Å². The second kappa shape index (κ2) is 7.19. The van der Waals surface area contributed by atoms with Gasteiger partial charge in [0.25, 0.3) is 5.56 Å². The molecule has 0 aliphatic heterocycles. The Balaban J connectivity index is 1.93. The quantitative estimate of drug-likeness (QED) is 0.699. The summed E-state index contributed by atoms with van der Waals surface area (Å²) in [7, 11) is 1.56. The van der Waals surface area contributed by atoms with Crippen LogP contribution >= 0.6 is 11.3 Å². The summed E-state index contributed by atoms with van der Waals surface area (Å²) in [6, 6.07) is 13.3. The van der Waals surface area contributed by atoms with Gasteiger partial charge in [-0.15, -0.1) is 11.3 Å². The van der Waals surface area contributed by atoms with E-state index < -0.39 is 0 Å². The molecule has 3 aromatic rings. The lowest BCUT2D eigenvalue weighted by atomic mass is 10.1. The minimum absolute atomic E-state index is 0.163. The standard InChI is InChI=1S/C19H15NO4S/c1-24-15-8-4-13(5-9-15)16(22)11-18-20-19(23)17(25-18)10-12-2-6-14(21)7-3-12/h2-11,21H,1H3,(H,20,23)/b17-10+,18-11+. The molecule has 0 saturated heterocycles.